The minimum atomic E-state index is -2.40. The van der Waals surface area contributed by atoms with E-state index in [0.29, 0.717) is 53.1 Å². The summed E-state index contributed by atoms with van der Waals surface area (Å²) in [4.78, 5) is 42.8. The molecule has 6 rings (SSSR count). The molecule has 0 aliphatic heterocycles. The van der Waals surface area contributed by atoms with Crippen LogP contribution in [0.3, 0.4) is 0 Å². The fourth-order valence-electron chi connectivity index (χ4n) is 7.41. The van der Waals surface area contributed by atoms with Gasteiger partial charge in [-0.1, -0.05) is 103 Å². The number of likely N-dealkylation sites (N-methyl/N-ethyl adjacent to an activating group) is 2. The number of nitrogens with one attached hydrogen (secondary N) is 2. The lowest BCUT2D eigenvalue weighted by Crippen LogP contribution is -2.51. The van der Waals surface area contributed by atoms with Crippen LogP contribution in [0, 0.1) is 29.1 Å². The van der Waals surface area contributed by atoms with Crippen molar-refractivity contribution in [2.75, 3.05) is 27.7 Å². The normalized spacial score (nSPS) is 12.4. The van der Waals surface area contributed by atoms with Gasteiger partial charge >= 0.3 is 11.9 Å². The number of esters is 2. The SMILES string of the molecule is CNCCC[C@H](N)C(=O)N(C)[C@@H](Cc1cc(-c2ccc(OCc3ccccc3)c(C[C@H](NC)C(=O)Oc3c(F)c(F)c(F)c(F)c3F)c2)ccc1OCc1ccccc1)C(=O)OCc1ccccc1. The molecule has 362 valence electrons. The Morgan fingerprint density at radius 2 is 1.07 bits per heavy atom. The van der Waals surface area contributed by atoms with E-state index in [1.54, 1.807) is 43.4 Å². The zero-order valence-electron chi connectivity index (χ0n) is 38.3. The average molecular weight is 953 g/mol. The van der Waals surface area contributed by atoms with Crippen molar-refractivity contribution in [3.8, 4) is 28.4 Å². The number of ether oxygens (including phenoxy) is 4. The quantitative estimate of drug-likeness (QED) is 0.0143. The molecule has 11 nitrogen and oxygen atoms in total. The van der Waals surface area contributed by atoms with E-state index in [0.717, 1.165) is 16.7 Å². The molecule has 0 unspecified atom stereocenters. The fourth-order valence-corrected chi connectivity index (χ4v) is 7.41. The number of nitrogens with zero attached hydrogens (tertiary/aromatic N) is 1. The Bertz CT molecular complexity index is 2650. The van der Waals surface area contributed by atoms with Crippen LogP contribution in [0.4, 0.5) is 22.0 Å². The Morgan fingerprint density at radius 1 is 0.609 bits per heavy atom. The summed E-state index contributed by atoms with van der Waals surface area (Å²) in [5.41, 5.74) is 10.9. The predicted molar refractivity (Wildman–Crippen MR) is 249 cm³/mol. The summed E-state index contributed by atoms with van der Waals surface area (Å²) in [5, 5.41) is 5.75. The molecule has 1 amide bonds. The maximum atomic E-state index is 14.6. The van der Waals surface area contributed by atoms with Crippen molar-refractivity contribution in [1.29, 1.82) is 0 Å². The molecule has 3 atom stereocenters. The van der Waals surface area contributed by atoms with Gasteiger partial charge < -0.3 is 40.2 Å². The van der Waals surface area contributed by atoms with Crippen molar-refractivity contribution in [3.63, 3.8) is 0 Å². The van der Waals surface area contributed by atoms with Crippen molar-refractivity contribution >= 4 is 17.8 Å². The number of carbonyl (C=O) groups is 3. The first-order valence-corrected chi connectivity index (χ1v) is 22.2. The smallest absolute Gasteiger partial charge is 0.329 e. The monoisotopic (exact) mass is 952 g/mol. The highest BCUT2D eigenvalue weighted by atomic mass is 19.2. The first kappa shape index (κ1) is 51.3. The van der Waals surface area contributed by atoms with Gasteiger partial charge in [-0.3, -0.25) is 4.79 Å². The van der Waals surface area contributed by atoms with Crippen LogP contribution in [0.15, 0.2) is 127 Å². The Hall–Kier alpha value is -7.14. The lowest BCUT2D eigenvalue weighted by atomic mass is 9.95. The summed E-state index contributed by atoms with van der Waals surface area (Å²) >= 11 is 0. The second-order valence-corrected chi connectivity index (χ2v) is 16.2. The molecule has 69 heavy (non-hydrogen) atoms. The number of rotatable bonds is 23. The van der Waals surface area contributed by atoms with Crippen LogP contribution >= 0.6 is 0 Å². The second-order valence-electron chi connectivity index (χ2n) is 16.2. The van der Waals surface area contributed by atoms with Crippen LogP contribution in [-0.2, 0) is 51.8 Å². The number of amides is 1. The summed E-state index contributed by atoms with van der Waals surface area (Å²) in [6.07, 6.45) is 0.686. The molecular weight excluding hydrogens is 900 g/mol. The topological polar surface area (TPSA) is 141 Å². The van der Waals surface area contributed by atoms with Gasteiger partial charge in [-0.25, -0.2) is 22.8 Å². The molecule has 0 aliphatic carbocycles. The summed E-state index contributed by atoms with van der Waals surface area (Å²) in [7, 11) is 4.67. The fraction of sp³-hybridized carbons (Fsp3) is 0.264. The summed E-state index contributed by atoms with van der Waals surface area (Å²) in [5.74, 6) is -15.0. The first-order valence-electron chi connectivity index (χ1n) is 22.2. The van der Waals surface area contributed by atoms with Crippen LogP contribution in [0.2, 0.25) is 0 Å². The first-order chi connectivity index (χ1) is 33.3. The van der Waals surface area contributed by atoms with Crippen LogP contribution in [-0.4, -0.2) is 68.6 Å². The lowest BCUT2D eigenvalue weighted by Gasteiger charge is -2.29. The number of hydrogen-bond donors (Lipinski definition) is 3. The standard InChI is InChI=1S/C53H53F5N4O7/c1-60-25-13-20-40(59)51(63)62(3)42(53(65)68-32-35-18-11-6-12-19-35)29-39-27-37(22-24-44(39)67-31-34-16-9-5-10-17-34)36-21-23-43(66-30-33-14-7-4-8-15-33)38(26-36)28-41(61-2)52(64)69-50-48(57)46(55)45(54)47(56)49(50)58/h4-12,14-19,21-24,26-27,40-42,60-61H,13,20,25,28-32,59H2,1-3H3/t40-,41-,42-/m0/s1. The molecule has 6 aromatic carbocycles. The lowest BCUT2D eigenvalue weighted by molar-refractivity contribution is -0.155. The van der Waals surface area contributed by atoms with Gasteiger partial charge in [-0.15, -0.1) is 0 Å². The molecule has 0 fully saturated rings. The third-order valence-electron chi connectivity index (χ3n) is 11.3. The zero-order valence-corrected chi connectivity index (χ0v) is 38.3. The van der Waals surface area contributed by atoms with E-state index in [9.17, 15) is 36.3 Å². The van der Waals surface area contributed by atoms with Crippen molar-refractivity contribution in [2.45, 2.75) is 63.6 Å². The third-order valence-corrected chi connectivity index (χ3v) is 11.3. The maximum Gasteiger partial charge on any atom is 0.329 e. The third kappa shape index (κ3) is 13.5. The van der Waals surface area contributed by atoms with Crippen LogP contribution in [0.25, 0.3) is 11.1 Å². The van der Waals surface area contributed by atoms with Gasteiger partial charge in [-0.05, 0) is 96.7 Å². The molecule has 0 heterocycles. The predicted octanol–water partition coefficient (Wildman–Crippen LogP) is 8.38. The van der Waals surface area contributed by atoms with E-state index in [1.165, 1.54) is 19.0 Å². The van der Waals surface area contributed by atoms with E-state index in [-0.39, 0.29) is 32.7 Å². The van der Waals surface area contributed by atoms with Crippen LogP contribution in [0.1, 0.15) is 40.7 Å². The molecule has 16 heteroatoms. The van der Waals surface area contributed by atoms with Crippen molar-refractivity contribution in [1.82, 2.24) is 15.5 Å². The van der Waals surface area contributed by atoms with Gasteiger partial charge in [0, 0.05) is 19.9 Å². The molecule has 0 spiro atoms. The second kappa shape index (κ2) is 24.8. The highest BCUT2D eigenvalue weighted by molar-refractivity contribution is 5.87. The van der Waals surface area contributed by atoms with Gasteiger partial charge in [0.15, 0.2) is 0 Å². The summed E-state index contributed by atoms with van der Waals surface area (Å²) < 4.78 is 94.5. The van der Waals surface area contributed by atoms with Crippen molar-refractivity contribution in [2.24, 2.45) is 5.73 Å². The highest BCUT2D eigenvalue weighted by Gasteiger charge is 2.33. The molecule has 0 bridgehead atoms. The number of nitrogens with two attached hydrogens (primary N) is 1. The van der Waals surface area contributed by atoms with Crippen molar-refractivity contribution in [3.05, 3.63) is 184 Å². The number of benzene rings is 6. The van der Waals surface area contributed by atoms with Gasteiger partial charge in [-0.2, -0.15) is 8.78 Å². The van der Waals surface area contributed by atoms with Crippen LogP contribution < -0.4 is 30.6 Å². The van der Waals surface area contributed by atoms with Gasteiger partial charge in [0.2, 0.25) is 40.7 Å². The van der Waals surface area contributed by atoms with Crippen molar-refractivity contribution < 1.29 is 55.3 Å². The maximum absolute atomic E-state index is 14.6. The van der Waals surface area contributed by atoms with E-state index in [2.05, 4.69) is 10.6 Å². The molecule has 4 N–H and O–H groups in total. The number of hydrogen-bond acceptors (Lipinski definition) is 10. The molecule has 6 aromatic rings. The Morgan fingerprint density at radius 3 is 1.55 bits per heavy atom. The number of halogens is 5. The molecule has 0 aliphatic rings. The minimum absolute atomic E-state index is 0.0476. The highest BCUT2D eigenvalue weighted by Crippen LogP contribution is 2.34. The molecular formula is C53H53F5N4O7. The molecule has 0 saturated carbocycles. The van der Waals surface area contributed by atoms with E-state index < -0.39 is 70.8 Å². The van der Waals surface area contributed by atoms with Gasteiger partial charge in [0.1, 0.15) is 43.4 Å². The Balaban J connectivity index is 1.38. The van der Waals surface area contributed by atoms with Gasteiger partial charge in [0.25, 0.3) is 0 Å². The van der Waals surface area contributed by atoms with E-state index in [1.807, 2.05) is 91.0 Å². The summed E-state index contributed by atoms with van der Waals surface area (Å²) in [6, 6.07) is 34.8. The van der Waals surface area contributed by atoms with Crippen LogP contribution in [0.5, 0.6) is 17.2 Å². The van der Waals surface area contributed by atoms with E-state index in [4.69, 9.17) is 24.7 Å². The zero-order chi connectivity index (χ0) is 49.5. The Labute approximate surface area is 397 Å². The molecule has 0 saturated heterocycles. The largest absolute Gasteiger partial charge is 0.489 e. The Kier molecular flexibility index (Phi) is 18.4. The average Bonchev–Trinajstić information content (AvgIpc) is 3.38. The summed E-state index contributed by atoms with van der Waals surface area (Å²) in [6.45, 7) is 0.874. The minimum Gasteiger partial charge on any atom is -0.489 e. The molecule has 0 aromatic heterocycles. The number of carbonyl (C=O) groups excluding carboxylic acids is 3. The molecule has 0 radical (unpaired) electrons. The van der Waals surface area contributed by atoms with E-state index >= 15 is 0 Å². The van der Waals surface area contributed by atoms with Gasteiger partial charge in [0.05, 0.1) is 6.04 Å².